The highest BCUT2D eigenvalue weighted by atomic mass is 16.6. The third kappa shape index (κ3) is 2.89. The Balaban J connectivity index is 1.61. The molecule has 0 radical (unpaired) electrons. The molecule has 0 unspecified atom stereocenters. The molecule has 0 aliphatic heterocycles. The van der Waals surface area contributed by atoms with Crippen molar-refractivity contribution in [2.75, 3.05) is 5.32 Å². The summed E-state index contributed by atoms with van der Waals surface area (Å²) in [7, 11) is 0. The van der Waals surface area contributed by atoms with Crippen molar-refractivity contribution in [3.05, 3.63) is 69.8 Å². The molecule has 2 aromatic carbocycles. The summed E-state index contributed by atoms with van der Waals surface area (Å²) in [5.74, 6) is 0.627. The summed E-state index contributed by atoms with van der Waals surface area (Å²) in [5, 5.41) is 14.2. The van der Waals surface area contributed by atoms with Crippen molar-refractivity contribution >= 4 is 11.4 Å². The Morgan fingerprint density at radius 2 is 1.86 bits per heavy atom. The first-order valence-electron chi connectivity index (χ1n) is 7.20. The summed E-state index contributed by atoms with van der Waals surface area (Å²) in [6.45, 7) is 1.91. The molecular weight excluding hydrogens is 264 g/mol. The molecule has 1 fully saturated rings. The van der Waals surface area contributed by atoms with Crippen LogP contribution in [0.25, 0.3) is 0 Å². The van der Waals surface area contributed by atoms with Crippen molar-refractivity contribution < 1.29 is 4.92 Å². The Morgan fingerprint density at radius 1 is 1.14 bits per heavy atom. The lowest BCUT2D eigenvalue weighted by Gasteiger charge is -2.37. The van der Waals surface area contributed by atoms with Gasteiger partial charge in [-0.05, 0) is 42.9 Å². The molecule has 0 spiro atoms. The Kier molecular flexibility index (Phi) is 3.60. The smallest absolute Gasteiger partial charge is 0.269 e. The number of nitro benzene ring substituents is 1. The third-order valence-corrected chi connectivity index (χ3v) is 4.19. The van der Waals surface area contributed by atoms with Crippen molar-refractivity contribution in [1.82, 2.24) is 0 Å². The van der Waals surface area contributed by atoms with Crippen LogP contribution in [-0.2, 0) is 0 Å². The molecule has 4 nitrogen and oxygen atoms in total. The number of anilines is 1. The first-order valence-corrected chi connectivity index (χ1v) is 7.20. The Morgan fingerprint density at radius 3 is 2.48 bits per heavy atom. The number of non-ortho nitro benzene ring substituents is 1. The molecule has 0 atom stereocenters. The van der Waals surface area contributed by atoms with Gasteiger partial charge in [0.05, 0.1) is 4.92 Å². The van der Waals surface area contributed by atoms with Gasteiger partial charge in [-0.1, -0.05) is 30.3 Å². The maximum absolute atomic E-state index is 10.7. The van der Waals surface area contributed by atoms with Crippen molar-refractivity contribution in [3.8, 4) is 0 Å². The van der Waals surface area contributed by atoms with E-state index in [0.717, 1.165) is 24.1 Å². The number of nitrogens with zero attached hydrogens (tertiary/aromatic N) is 1. The van der Waals surface area contributed by atoms with Gasteiger partial charge in [0.1, 0.15) is 0 Å². The molecule has 1 saturated carbocycles. The van der Waals surface area contributed by atoms with Crippen LogP contribution in [0.2, 0.25) is 0 Å². The largest absolute Gasteiger partial charge is 0.382 e. The minimum absolute atomic E-state index is 0.147. The van der Waals surface area contributed by atoms with Crippen molar-refractivity contribution in [2.45, 2.75) is 31.7 Å². The van der Waals surface area contributed by atoms with E-state index in [2.05, 4.69) is 29.6 Å². The molecule has 0 amide bonds. The quantitative estimate of drug-likeness (QED) is 0.673. The van der Waals surface area contributed by atoms with Gasteiger partial charge in [0.2, 0.25) is 0 Å². The molecule has 0 aromatic heterocycles. The minimum Gasteiger partial charge on any atom is -0.382 e. The van der Waals surface area contributed by atoms with E-state index in [4.69, 9.17) is 0 Å². The molecule has 2 aromatic rings. The number of aryl methyl sites for hydroxylation is 1. The topological polar surface area (TPSA) is 55.2 Å². The first-order chi connectivity index (χ1) is 10.1. The van der Waals surface area contributed by atoms with E-state index < -0.39 is 0 Å². The zero-order valence-electron chi connectivity index (χ0n) is 12.0. The van der Waals surface area contributed by atoms with Gasteiger partial charge in [-0.15, -0.1) is 0 Å². The van der Waals surface area contributed by atoms with E-state index in [1.807, 2.05) is 19.1 Å². The molecule has 1 N–H and O–H groups in total. The lowest BCUT2D eigenvalue weighted by molar-refractivity contribution is -0.384. The van der Waals surface area contributed by atoms with Crippen molar-refractivity contribution in [2.24, 2.45) is 0 Å². The van der Waals surface area contributed by atoms with Crippen molar-refractivity contribution in [3.63, 3.8) is 0 Å². The zero-order chi connectivity index (χ0) is 14.8. The number of nitro groups is 1. The fraction of sp³-hybridized carbons (Fsp3) is 0.294. The normalized spacial score (nSPS) is 20.6. The average Bonchev–Trinajstić information content (AvgIpc) is 2.44. The highest BCUT2D eigenvalue weighted by Gasteiger charge is 2.30. The molecule has 0 heterocycles. The number of hydrogen-bond donors (Lipinski definition) is 1. The van der Waals surface area contributed by atoms with Crippen LogP contribution in [0.3, 0.4) is 0 Å². The van der Waals surface area contributed by atoms with Gasteiger partial charge in [-0.3, -0.25) is 10.1 Å². The summed E-state index contributed by atoms with van der Waals surface area (Å²) < 4.78 is 0. The van der Waals surface area contributed by atoms with E-state index in [1.54, 1.807) is 12.1 Å². The average molecular weight is 282 g/mol. The Bertz CT molecular complexity index is 649. The van der Waals surface area contributed by atoms with Crippen LogP contribution in [-0.4, -0.2) is 11.0 Å². The second kappa shape index (κ2) is 5.56. The van der Waals surface area contributed by atoms with Crippen molar-refractivity contribution in [1.29, 1.82) is 0 Å². The van der Waals surface area contributed by atoms with Gasteiger partial charge in [-0.2, -0.15) is 0 Å². The monoisotopic (exact) mass is 282 g/mol. The third-order valence-electron chi connectivity index (χ3n) is 4.19. The van der Waals surface area contributed by atoms with E-state index in [0.29, 0.717) is 12.0 Å². The summed E-state index contributed by atoms with van der Waals surface area (Å²) >= 11 is 0. The van der Waals surface area contributed by atoms with E-state index in [9.17, 15) is 10.1 Å². The summed E-state index contributed by atoms with van der Waals surface area (Å²) in [4.78, 5) is 10.4. The van der Waals surface area contributed by atoms with Crippen LogP contribution >= 0.6 is 0 Å². The summed E-state index contributed by atoms with van der Waals surface area (Å²) in [6, 6.07) is 16.0. The number of rotatable bonds is 4. The molecule has 3 rings (SSSR count). The fourth-order valence-corrected chi connectivity index (χ4v) is 2.88. The lowest BCUT2D eigenvalue weighted by Crippen LogP contribution is -2.34. The van der Waals surface area contributed by atoms with E-state index in [1.165, 1.54) is 5.56 Å². The van der Waals surface area contributed by atoms with Crippen LogP contribution in [0.15, 0.2) is 48.5 Å². The van der Waals surface area contributed by atoms with Crippen LogP contribution in [0, 0.1) is 17.0 Å². The van der Waals surface area contributed by atoms with Gasteiger partial charge in [0.25, 0.3) is 5.69 Å². The predicted octanol–water partition coefficient (Wildman–Crippen LogP) is 4.26. The molecule has 0 saturated heterocycles. The van der Waals surface area contributed by atoms with Gasteiger partial charge in [0.15, 0.2) is 0 Å². The van der Waals surface area contributed by atoms with E-state index in [-0.39, 0.29) is 10.6 Å². The fourth-order valence-electron chi connectivity index (χ4n) is 2.88. The van der Waals surface area contributed by atoms with E-state index >= 15 is 0 Å². The first kappa shape index (κ1) is 13.6. The highest BCUT2D eigenvalue weighted by molar-refractivity contribution is 5.56. The summed E-state index contributed by atoms with van der Waals surface area (Å²) in [6.07, 6.45) is 2.22. The second-order valence-electron chi connectivity index (χ2n) is 5.68. The van der Waals surface area contributed by atoms with Crippen LogP contribution < -0.4 is 5.32 Å². The number of nitrogens with one attached hydrogen (secondary N) is 1. The van der Waals surface area contributed by atoms with Gasteiger partial charge >= 0.3 is 0 Å². The maximum atomic E-state index is 10.7. The standard InChI is InChI=1S/C17H18N2O2/c1-12-9-16(19(20)21)7-8-17(12)18-15-10-14(11-15)13-5-3-2-4-6-13/h2-9,14-15,18H,10-11H2,1H3. The highest BCUT2D eigenvalue weighted by Crippen LogP contribution is 2.38. The molecule has 108 valence electrons. The zero-order valence-corrected chi connectivity index (χ0v) is 12.0. The van der Waals surface area contributed by atoms with Crippen LogP contribution in [0.4, 0.5) is 11.4 Å². The molecule has 1 aliphatic carbocycles. The number of benzene rings is 2. The van der Waals surface area contributed by atoms with Gasteiger partial charge in [0, 0.05) is 23.9 Å². The summed E-state index contributed by atoms with van der Waals surface area (Å²) in [5.41, 5.74) is 3.47. The maximum Gasteiger partial charge on any atom is 0.269 e. The molecule has 21 heavy (non-hydrogen) atoms. The van der Waals surface area contributed by atoms with Gasteiger partial charge < -0.3 is 5.32 Å². The number of hydrogen-bond acceptors (Lipinski definition) is 3. The molecule has 0 bridgehead atoms. The predicted molar refractivity (Wildman–Crippen MR) is 83.7 cm³/mol. The minimum atomic E-state index is -0.356. The molecule has 1 aliphatic rings. The van der Waals surface area contributed by atoms with Crippen LogP contribution in [0.5, 0.6) is 0 Å². The molecular formula is C17H18N2O2. The Labute approximate surface area is 124 Å². The SMILES string of the molecule is Cc1cc([N+](=O)[O-])ccc1NC1CC(c2ccccc2)C1. The lowest BCUT2D eigenvalue weighted by atomic mass is 9.76. The van der Waals surface area contributed by atoms with Crippen LogP contribution in [0.1, 0.15) is 29.9 Å². The second-order valence-corrected chi connectivity index (χ2v) is 5.68. The molecule has 4 heteroatoms. The van der Waals surface area contributed by atoms with Gasteiger partial charge in [-0.25, -0.2) is 0 Å². The Hall–Kier alpha value is -2.36.